The molecule has 0 aromatic carbocycles. The summed E-state index contributed by atoms with van der Waals surface area (Å²) in [6.45, 7) is 6.88. The predicted molar refractivity (Wildman–Crippen MR) is 95.2 cm³/mol. The monoisotopic (exact) mass is 434 g/mol. The third-order valence-electron chi connectivity index (χ3n) is 4.75. The summed E-state index contributed by atoms with van der Waals surface area (Å²) in [5.41, 5.74) is 1.17. The van der Waals surface area contributed by atoms with Gasteiger partial charge in [-0.1, -0.05) is 5.16 Å². The first-order valence-electron chi connectivity index (χ1n) is 9.01. The summed E-state index contributed by atoms with van der Waals surface area (Å²) in [6.07, 6.45) is -2.68. The van der Waals surface area contributed by atoms with Crippen molar-refractivity contribution in [1.29, 1.82) is 0 Å². The number of carboxylic acid groups (broad SMARTS) is 1. The minimum atomic E-state index is -5.08. The van der Waals surface area contributed by atoms with E-state index in [2.05, 4.69) is 32.3 Å². The molecule has 160 valence electrons. The second kappa shape index (κ2) is 8.76. The van der Waals surface area contributed by atoms with Gasteiger partial charge in [0.05, 0.1) is 16.8 Å². The Labute approximate surface area is 168 Å². The Morgan fingerprint density at radius 3 is 2.66 bits per heavy atom. The van der Waals surface area contributed by atoms with Gasteiger partial charge in [0.15, 0.2) is 5.82 Å². The summed E-state index contributed by atoms with van der Waals surface area (Å²) < 4.78 is 43.2. The van der Waals surface area contributed by atoms with E-state index < -0.39 is 12.1 Å². The van der Waals surface area contributed by atoms with Crippen molar-refractivity contribution in [2.75, 3.05) is 13.1 Å². The number of hydrogen-bond acceptors (Lipinski definition) is 8. The minimum Gasteiger partial charge on any atom is -0.475 e. The van der Waals surface area contributed by atoms with E-state index in [1.54, 1.807) is 11.3 Å². The molecule has 12 heteroatoms. The van der Waals surface area contributed by atoms with Gasteiger partial charge in [0.2, 0.25) is 0 Å². The lowest BCUT2D eigenvalue weighted by molar-refractivity contribution is -0.192. The molecule has 4 heterocycles. The minimum absolute atomic E-state index is 0.0299. The first-order valence-corrected chi connectivity index (χ1v) is 9.89. The Morgan fingerprint density at radius 2 is 2.10 bits per heavy atom. The van der Waals surface area contributed by atoms with Gasteiger partial charge in [-0.15, -0.1) is 11.3 Å². The summed E-state index contributed by atoms with van der Waals surface area (Å²) in [7, 11) is 0. The number of piperidine rings is 1. The number of thiazole rings is 1. The Kier molecular flexibility index (Phi) is 6.54. The SMILES string of the molecule is Cc1noc([C@H]2C[C@@H]3CCN(Cc4csc(C)n4)C[C@H]3O2)n1.O=C(O)C(F)(F)F. The molecule has 2 aromatic rings. The number of carboxylic acids is 1. The van der Waals surface area contributed by atoms with E-state index in [-0.39, 0.29) is 12.2 Å². The van der Waals surface area contributed by atoms with Crippen molar-refractivity contribution in [1.82, 2.24) is 20.0 Å². The van der Waals surface area contributed by atoms with Crippen LogP contribution in [0.1, 0.15) is 41.4 Å². The van der Waals surface area contributed by atoms with Crippen LogP contribution in [0.25, 0.3) is 0 Å². The lowest BCUT2D eigenvalue weighted by atomic mass is 9.91. The highest BCUT2D eigenvalue weighted by Gasteiger charge is 2.41. The molecule has 0 radical (unpaired) electrons. The lowest BCUT2D eigenvalue weighted by Gasteiger charge is -2.33. The van der Waals surface area contributed by atoms with Crippen LogP contribution in [-0.2, 0) is 16.1 Å². The molecule has 0 bridgehead atoms. The second-order valence-electron chi connectivity index (χ2n) is 7.02. The Hall–Kier alpha value is -2.05. The van der Waals surface area contributed by atoms with E-state index in [0.717, 1.165) is 37.5 Å². The third kappa shape index (κ3) is 5.73. The van der Waals surface area contributed by atoms with Crippen molar-refractivity contribution in [3.63, 3.8) is 0 Å². The van der Waals surface area contributed by atoms with Crippen LogP contribution in [0.3, 0.4) is 0 Å². The molecule has 2 aromatic heterocycles. The van der Waals surface area contributed by atoms with E-state index >= 15 is 0 Å². The number of rotatable bonds is 3. The highest BCUT2D eigenvalue weighted by atomic mass is 32.1. The van der Waals surface area contributed by atoms with Gasteiger partial charge in [-0.25, -0.2) is 9.78 Å². The van der Waals surface area contributed by atoms with Gasteiger partial charge in [0.25, 0.3) is 5.89 Å². The quantitative estimate of drug-likeness (QED) is 0.786. The van der Waals surface area contributed by atoms with Crippen molar-refractivity contribution < 1.29 is 32.3 Å². The van der Waals surface area contributed by atoms with E-state index in [4.69, 9.17) is 19.2 Å². The van der Waals surface area contributed by atoms with Crippen LogP contribution in [0, 0.1) is 19.8 Å². The zero-order valence-electron chi connectivity index (χ0n) is 15.8. The van der Waals surface area contributed by atoms with E-state index in [1.165, 1.54) is 5.69 Å². The molecular formula is C17H21F3N4O4S. The van der Waals surface area contributed by atoms with Crippen molar-refractivity contribution in [3.8, 4) is 0 Å². The number of aliphatic carboxylic acids is 1. The standard InChI is InChI=1S/C15H20N4O2S.C2HF3O2/c1-9-16-15(21-18-9)13-5-11-3-4-19(7-14(11)20-13)6-12-8-22-10(2)17-12;3-2(4,5)1(6)7/h8,11,13-14H,3-7H2,1-2H3;(H,6,7)/t11-,13+,14+;/m0./s1. The maximum absolute atomic E-state index is 10.6. The number of alkyl halides is 3. The molecule has 0 aliphatic carbocycles. The number of aryl methyl sites for hydroxylation is 2. The van der Waals surface area contributed by atoms with Gasteiger partial charge in [-0.2, -0.15) is 18.2 Å². The van der Waals surface area contributed by atoms with Gasteiger partial charge in [-0.3, -0.25) is 4.90 Å². The van der Waals surface area contributed by atoms with Crippen molar-refractivity contribution in [2.24, 2.45) is 5.92 Å². The number of likely N-dealkylation sites (tertiary alicyclic amines) is 1. The zero-order chi connectivity index (χ0) is 21.2. The zero-order valence-corrected chi connectivity index (χ0v) is 16.7. The van der Waals surface area contributed by atoms with Crippen LogP contribution >= 0.6 is 11.3 Å². The number of carbonyl (C=O) groups is 1. The normalized spacial score (nSPS) is 24.7. The number of hydrogen-bond donors (Lipinski definition) is 1. The average molecular weight is 434 g/mol. The highest BCUT2D eigenvalue weighted by Crippen LogP contribution is 2.40. The topological polar surface area (TPSA) is 102 Å². The number of ether oxygens (including phenoxy) is 1. The molecule has 1 N–H and O–H groups in total. The first kappa shape index (κ1) is 21.7. The van der Waals surface area contributed by atoms with Crippen LogP contribution < -0.4 is 0 Å². The molecule has 0 saturated carbocycles. The maximum Gasteiger partial charge on any atom is 0.490 e. The van der Waals surface area contributed by atoms with Crippen LogP contribution in [0.2, 0.25) is 0 Å². The molecule has 2 aliphatic rings. The molecule has 0 unspecified atom stereocenters. The number of fused-ring (bicyclic) bond motifs is 1. The summed E-state index contributed by atoms with van der Waals surface area (Å²) in [4.78, 5) is 20.2. The Balaban J connectivity index is 0.000000298. The summed E-state index contributed by atoms with van der Waals surface area (Å²) in [6, 6.07) is 0. The van der Waals surface area contributed by atoms with Crippen molar-refractivity contribution in [3.05, 3.63) is 27.8 Å². The molecule has 0 spiro atoms. The van der Waals surface area contributed by atoms with Gasteiger partial charge in [0.1, 0.15) is 6.10 Å². The largest absolute Gasteiger partial charge is 0.490 e. The molecule has 2 aliphatic heterocycles. The first-order chi connectivity index (χ1) is 13.6. The molecular weight excluding hydrogens is 413 g/mol. The number of halogens is 3. The van der Waals surface area contributed by atoms with Crippen molar-refractivity contribution >= 4 is 17.3 Å². The maximum atomic E-state index is 10.6. The fourth-order valence-electron chi connectivity index (χ4n) is 3.45. The van der Waals surface area contributed by atoms with E-state index in [9.17, 15) is 13.2 Å². The second-order valence-corrected chi connectivity index (χ2v) is 8.09. The molecule has 2 saturated heterocycles. The molecule has 2 fully saturated rings. The van der Waals surface area contributed by atoms with Crippen molar-refractivity contribution in [2.45, 2.75) is 51.6 Å². The third-order valence-corrected chi connectivity index (χ3v) is 5.57. The van der Waals surface area contributed by atoms with Gasteiger partial charge in [-0.05, 0) is 39.2 Å². The predicted octanol–water partition coefficient (Wildman–Crippen LogP) is 3.13. The van der Waals surface area contributed by atoms with Crippen LogP contribution in [-0.4, -0.2) is 56.5 Å². The molecule has 0 amide bonds. The Bertz CT molecular complexity index is 841. The van der Waals surface area contributed by atoms with Crippen LogP contribution in [0.15, 0.2) is 9.90 Å². The summed E-state index contributed by atoms with van der Waals surface area (Å²) in [5.74, 6) is -0.847. The summed E-state index contributed by atoms with van der Waals surface area (Å²) in [5, 5.41) is 14.3. The van der Waals surface area contributed by atoms with E-state index in [0.29, 0.717) is 17.6 Å². The Morgan fingerprint density at radius 1 is 1.38 bits per heavy atom. The molecule has 8 nitrogen and oxygen atoms in total. The molecule has 3 atom stereocenters. The molecule has 4 rings (SSSR count). The van der Waals surface area contributed by atoms with Gasteiger partial charge < -0.3 is 14.4 Å². The fraction of sp³-hybridized carbons (Fsp3) is 0.647. The van der Waals surface area contributed by atoms with Crippen LogP contribution in [0.5, 0.6) is 0 Å². The number of aromatic nitrogens is 3. The van der Waals surface area contributed by atoms with Gasteiger partial charge >= 0.3 is 12.1 Å². The van der Waals surface area contributed by atoms with Gasteiger partial charge in [0, 0.05) is 18.5 Å². The van der Waals surface area contributed by atoms with E-state index in [1.807, 2.05) is 6.92 Å². The molecule has 29 heavy (non-hydrogen) atoms. The lowest BCUT2D eigenvalue weighted by Crippen LogP contribution is -2.41. The smallest absolute Gasteiger partial charge is 0.475 e. The fourth-order valence-corrected chi connectivity index (χ4v) is 4.05. The van der Waals surface area contributed by atoms with Crippen LogP contribution in [0.4, 0.5) is 13.2 Å². The highest BCUT2D eigenvalue weighted by molar-refractivity contribution is 7.09. The number of nitrogens with zero attached hydrogens (tertiary/aromatic N) is 4. The average Bonchev–Trinajstić information content (AvgIpc) is 3.34. The summed E-state index contributed by atoms with van der Waals surface area (Å²) >= 11 is 1.72.